The maximum atomic E-state index is 12.1. The highest BCUT2D eigenvalue weighted by Gasteiger charge is 2.17. The van der Waals surface area contributed by atoms with Gasteiger partial charge in [-0.3, -0.25) is 9.89 Å². The summed E-state index contributed by atoms with van der Waals surface area (Å²) in [5.41, 5.74) is 8.27. The molecule has 1 aromatic heterocycles. The summed E-state index contributed by atoms with van der Waals surface area (Å²) in [4.78, 5) is 13.6. The second kappa shape index (κ2) is 4.29. The normalized spacial score (nSPS) is 10.2. The SMILES string of the molecule is Cc1ccc(N(C)C(=O)c2[nH]ncc2N)cc1. The molecule has 0 fully saturated rings. The third kappa shape index (κ3) is 2.13. The number of hydrogen-bond acceptors (Lipinski definition) is 3. The Kier molecular flexibility index (Phi) is 2.82. The molecule has 2 rings (SSSR count). The Bertz CT molecular complexity index is 530. The first-order chi connectivity index (χ1) is 8.09. The van der Waals surface area contributed by atoms with Gasteiger partial charge in [0.05, 0.1) is 11.9 Å². The van der Waals surface area contributed by atoms with Crippen LogP contribution in [0.3, 0.4) is 0 Å². The molecule has 5 heteroatoms. The van der Waals surface area contributed by atoms with Gasteiger partial charge in [-0.1, -0.05) is 17.7 Å². The molecule has 3 N–H and O–H groups in total. The van der Waals surface area contributed by atoms with Crippen LogP contribution in [-0.2, 0) is 0 Å². The zero-order valence-corrected chi connectivity index (χ0v) is 9.77. The number of benzene rings is 1. The zero-order valence-electron chi connectivity index (χ0n) is 9.77. The fourth-order valence-corrected chi connectivity index (χ4v) is 1.52. The number of amides is 1. The quantitative estimate of drug-likeness (QED) is 0.822. The standard InChI is InChI=1S/C12H14N4O/c1-8-3-5-9(6-4-8)16(2)12(17)11-10(13)7-14-15-11/h3-7H,13H2,1-2H3,(H,14,15). The molecule has 0 aliphatic carbocycles. The van der Waals surface area contributed by atoms with Gasteiger partial charge < -0.3 is 10.6 Å². The molecule has 2 aromatic rings. The van der Waals surface area contributed by atoms with E-state index in [2.05, 4.69) is 10.2 Å². The van der Waals surface area contributed by atoms with Gasteiger partial charge in [-0.15, -0.1) is 0 Å². The van der Waals surface area contributed by atoms with Crippen molar-refractivity contribution in [2.45, 2.75) is 6.92 Å². The van der Waals surface area contributed by atoms with Crippen LogP contribution < -0.4 is 10.6 Å². The first-order valence-electron chi connectivity index (χ1n) is 5.23. The molecule has 0 saturated heterocycles. The topological polar surface area (TPSA) is 75.0 Å². The van der Waals surface area contributed by atoms with E-state index in [1.54, 1.807) is 7.05 Å². The minimum atomic E-state index is -0.205. The minimum absolute atomic E-state index is 0.205. The second-order valence-electron chi connectivity index (χ2n) is 3.90. The maximum absolute atomic E-state index is 12.1. The van der Waals surface area contributed by atoms with E-state index in [1.807, 2.05) is 31.2 Å². The lowest BCUT2D eigenvalue weighted by Crippen LogP contribution is -2.27. The van der Waals surface area contributed by atoms with E-state index in [4.69, 9.17) is 5.73 Å². The highest BCUT2D eigenvalue weighted by Crippen LogP contribution is 2.17. The molecular formula is C12H14N4O. The van der Waals surface area contributed by atoms with Crippen molar-refractivity contribution in [1.82, 2.24) is 10.2 Å². The van der Waals surface area contributed by atoms with Crippen molar-refractivity contribution >= 4 is 17.3 Å². The Morgan fingerprint density at radius 2 is 2.00 bits per heavy atom. The number of nitrogens with one attached hydrogen (secondary N) is 1. The van der Waals surface area contributed by atoms with E-state index in [-0.39, 0.29) is 5.91 Å². The van der Waals surface area contributed by atoms with Crippen LogP contribution in [0.1, 0.15) is 16.1 Å². The molecule has 0 radical (unpaired) electrons. The van der Waals surface area contributed by atoms with Crippen LogP contribution in [0.25, 0.3) is 0 Å². The van der Waals surface area contributed by atoms with Crippen molar-refractivity contribution < 1.29 is 4.79 Å². The van der Waals surface area contributed by atoms with E-state index >= 15 is 0 Å². The number of nitrogens with two attached hydrogens (primary N) is 1. The van der Waals surface area contributed by atoms with Crippen molar-refractivity contribution in [2.75, 3.05) is 17.7 Å². The van der Waals surface area contributed by atoms with Crippen molar-refractivity contribution in [3.63, 3.8) is 0 Å². The molecule has 5 nitrogen and oxygen atoms in total. The molecular weight excluding hydrogens is 216 g/mol. The predicted octanol–water partition coefficient (Wildman–Crippen LogP) is 1.58. The van der Waals surface area contributed by atoms with Crippen molar-refractivity contribution in [1.29, 1.82) is 0 Å². The fourth-order valence-electron chi connectivity index (χ4n) is 1.52. The van der Waals surface area contributed by atoms with Crippen LogP contribution in [0.5, 0.6) is 0 Å². The number of aromatic amines is 1. The lowest BCUT2D eigenvalue weighted by molar-refractivity contribution is 0.0989. The van der Waals surface area contributed by atoms with E-state index in [0.29, 0.717) is 11.4 Å². The molecule has 17 heavy (non-hydrogen) atoms. The largest absolute Gasteiger partial charge is 0.396 e. The zero-order chi connectivity index (χ0) is 12.4. The number of rotatable bonds is 2. The molecule has 0 aliphatic heterocycles. The van der Waals surface area contributed by atoms with Crippen LogP contribution in [0.15, 0.2) is 30.5 Å². The molecule has 0 aliphatic rings. The summed E-state index contributed by atoms with van der Waals surface area (Å²) in [6, 6.07) is 7.68. The summed E-state index contributed by atoms with van der Waals surface area (Å²) in [7, 11) is 1.70. The monoisotopic (exact) mass is 230 g/mol. The van der Waals surface area contributed by atoms with Crippen LogP contribution in [0, 0.1) is 6.92 Å². The minimum Gasteiger partial charge on any atom is -0.396 e. The highest BCUT2D eigenvalue weighted by atomic mass is 16.2. The number of aryl methyl sites for hydroxylation is 1. The van der Waals surface area contributed by atoms with Crippen LogP contribution in [-0.4, -0.2) is 23.2 Å². The molecule has 88 valence electrons. The lowest BCUT2D eigenvalue weighted by Gasteiger charge is -2.16. The number of H-pyrrole nitrogens is 1. The van der Waals surface area contributed by atoms with Gasteiger partial charge >= 0.3 is 0 Å². The number of anilines is 2. The lowest BCUT2D eigenvalue weighted by atomic mass is 10.2. The maximum Gasteiger partial charge on any atom is 0.278 e. The summed E-state index contributed by atoms with van der Waals surface area (Å²) >= 11 is 0. The first kappa shape index (κ1) is 11.2. The molecule has 0 bridgehead atoms. The van der Waals surface area contributed by atoms with Crippen LogP contribution in [0.4, 0.5) is 11.4 Å². The van der Waals surface area contributed by atoms with E-state index in [9.17, 15) is 4.79 Å². The molecule has 1 amide bonds. The number of aromatic nitrogens is 2. The van der Waals surface area contributed by atoms with Gasteiger partial charge in [0.1, 0.15) is 5.69 Å². The van der Waals surface area contributed by atoms with Gasteiger partial charge in [-0.25, -0.2) is 0 Å². The molecule has 0 spiro atoms. The predicted molar refractivity (Wildman–Crippen MR) is 66.9 cm³/mol. The average Bonchev–Trinajstić information content (AvgIpc) is 2.74. The number of nitrogens with zero attached hydrogens (tertiary/aromatic N) is 2. The number of hydrogen-bond donors (Lipinski definition) is 2. The molecule has 0 unspecified atom stereocenters. The summed E-state index contributed by atoms with van der Waals surface area (Å²) in [6.45, 7) is 2.00. The van der Waals surface area contributed by atoms with E-state index in [1.165, 1.54) is 11.1 Å². The summed E-state index contributed by atoms with van der Waals surface area (Å²) < 4.78 is 0. The van der Waals surface area contributed by atoms with Gasteiger partial charge in [0.25, 0.3) is 5.91 Å². The van der Waals surface area contributed by atoms with Crippen LogP contribution >= 0.6 is 0 Å². The second-order valence-corrected chi connectivity index (χ2v) is 3.90. The molecule has 0 saturated carbocycles. The molecule has 1 heterocycles. The number of carbonyl (C=O) groups excluding carboxylic acids is 1. The first-order valence-corrected chi connectivity index (χ1v) is 5.23. The summed E-state index contributed by atoms with van der Waals surface area (Å²) in [6.07, 6.45) is 1.43. The van der Waals surface area contributed by atoms with Gasteiger partial charge in [0.15, 0.2) is 0 Å². The third-order valence-electron chi connectivity index (χ3n) is 2.61. The Hall–Kier alpha value is -2.30. The highest BCUT2D eigenvalue weighted by molar-refractivity contribution is 6.07. The average molecular weight is 230 g/mol. The van der Waals surface area contributed by atoms with Crippen LogP contribution in [0.2, 0.25) is 0 Å². The van der Waals surface area contributed by atoms with Crippen molar-refractivity contribution in [3.8, 4) is 0 Å². The van der Waals surface area contributed by atoms with Crippen molar-refractivity contribution in [3.05, 3.63) is 41.7 Å². The Morgan fingerprint density at radius 3 is 2.53 bits per heavy atom. The molecule has 1 aromatic carbocycles. The Morgan fingerprint density at radius 1 is 1.35 bits per heavy atom. The Balaban J connectivity index is 2.26. The van der Waals surface area contributed by atoms with E-state index < -0.39 is 0 Å². The van der Waals surface area contributed by atoms with Gasteiger partial charge in [0, 0.05) is 12.7 Å². The fraction of sp³-hybridized carbons (Fsp3) is 0.167. The van der Waals surface area contributed by atoms with Gasteiger partial charge in [-0.05, 0) is 19.1 Å². The molecule has 0 atom stereocenters. The number of nitrogen functional groups attached to an aromatic ring is 1. The third-order valence-corrected chi connectivity index (χ3v) is 2.61. The summed E-state index contributed by atoms with van der Waals surface area (Å²) in [5, 5.41) is 6.34. The Labute approximate surface area is 99.2 Å². The number of carbonyl (C=O) groups is 1. The smallest absolute Gasteiger partial charge is 0.278 e. The van der Waals surface area contributed by atoms with Crippen molar-refractivity contribution in [2.24, 2.45) is 0 Å². The van der Waals surface area contributed by atoms with E-state index in [0.717, 1.165) is 11.3 Å². The van der Waals surface area contributed by atoms with Gasteiger partial charge in [0.2, 0.25) is 0 Å². The summed E-state index contributed by atoms with van der Waals surface area (Å²) in [5.74, 6) is -0.205. The van der Waals surface area contributed by atoms with Gasteiger partial charge in [-0.2, -0.15) is 5.10 Å².